The molecule has 0 radical (unpaired) electrons. The molecule has 0 amide bonds. The first kappa shape index (κ1) is 16.1. The Kier molecular flexibility index (Phi) is 4.40. The van der Waals surface area contributed by atoms with Gasteiger partial charge in [0.1, 0.15) is 17.2 Å². The van der Waals surface area contributed by atoms with Gasteiger partial charge in [-0.2, -0.15) is 4.98 Å². The molecule has 2 aromatic heterocycles. The zero-order valence-corrected chi connectivity index (χ0v) is 14.4. The molecule has 0 saturated carbocycles. The fourth-order valence-electron chi connectivity index (χ4n) is 3.32. The van der Waals surface area contributed by atoms with Gasteiger partial charge in [0.05, 0.1) is 6.54 Å². The number of rotatable bonds is 4. The van der Waals surface area contributed by atoms with Crippen LogP contribution < -0.4 is 4.90 Å². The molecule has 3 aromatic rings. The van der Waals surface area contributed by atoms with Crippen LogP contribution >= 0.6 is 0 Å². The van der Waals surface area contributed by atoms with Gasteiger partial charge in [-0.3, -0.25) is 4.90 Å². The summed E-state index contributed by atoms with van der Waals surface area (Å²) in [6, 6.07) is 5.04. The number of hydrogen-bond acceptors (Lipinski definition) is 5. The fraction of sp³-hybridized carbons (Fsp3) is 0.444. The minimum atomic E-state index is -0.302. The highest BCUT2D eigenvalue weighted by atomic mass is 19.1. The molecule has 0 atom stereocenters. The summed E-state index contributed by atoms with van der Waals surface area (Å²) < 4.78 is 21.3. The van der Waals surface area contributed by atoms with Gasteiger partial charge in [0.2, 0.25) is 0 Å². The first-order chi connectivity index (χ1) is 12.2. The van der Waals surface area contributed by atoms with E-state index in [1.54, 1.807) is 6.07 Å². The lowest BCUT2D eigenvalue weighted by Gasteiger charge is -2.20. The summed E-state index contributed by atoms with van der Waals surface area (Å²) in [5, 5.41) is 0. The van der Waals surface area contributed by atoms with E-state index in [4.69, 9.17) is 4.42 Å². The summed E-state index contributed by atoms with van der Waals surface area (Å²) in [6.07, 6.45) is 4.91. The van der Waals surface area contributed by atoms with Gasteiger partial charge in [-0.05, 0) is 25.5 Å². The average Bonchev–Trinajstić information content (AvgIpc) is 3.16. The minimum Gasteiger partial charge on any atom is -0.423 e. The molecule has 0 N–H and O–H groups in total. The molecule has 1 aliphatic heterocycles. The molecule has 0 aliphatic carbocycles. The quantitative estimate of drug-likeness (QED) is 0.729. The van der Waals surface area contributed by atoms with E-state index in [0.29, 0.717) is 17.1 Å². The molecule has 1 aliphatic rings. The first-order valence-corrected chi connectivity index (χ1v) is 8.76. The number of aromatic nitrogens is 3. The van der Waals surface area contributed by atoms with E-state index in [1.807, 2.05) is 12.4 Å². The molecule has 132 valence electrons. The number of imidazole rings is 1. The summed E-state index contributed by atoms with van der Waals surface area (Å²) >= 11 is 0. The third kappa shape index (κ3) is 3.37. The maximum absolute atomic E-state index is 13.3. The molecule has 1 aromatic carbocycles. The normalized spacial score (nSPS) is 16.5. The first-order valence-electron chi connectivity index (χ1n) is 8.76. The van der Waals surface area contributed by atoms with Gasteiger partial charge in [0, 0.05) is 51.2 Å². The molecule has 1 fully saturated rings. The number of nitrogens with zero attached hydrogens (tertiary/aromatic N) is 5. The van der Waals surface area contributed by atoms with Crippen molar-refractivity contribution >= 4 is 17.1 Å². The van der Waals surface area contributed by atoms with Crippen molar-refractivity contribution in [3.05, 3.63) is 42.2 Å². The highest BCUT2D eigenvalue weighted by Gasteiger charge is 2.20. The van der Waals surface area contributed by atoms with Crippen LogP contribution in [0.3, 0.4) is 0 Å². The van der Waals surface area contributed by atoms with E-state index in [0.717, 1.165) is 51.5 Å². The Hall–Kier alpha value is -2.41. The van der Waals surface area contributed by atoms with Crippen molar-refractivity contribution in [2.75, 3.05) is 31.1 Å². The van der Waals surface area contributed by atoms with E-state index in [-0.39, 0.29) is 5.82 Å². The molecule has 25 heavy (non-hydrogen) atoms. The van der Waals surface area contributed by atoms with Gasteiger partial charge < -0.3 is 13.9 Å². The monoisotopic (exact) mass is 343 g/mol. The zero-order valence-electron chi connectivity index (χ0n) is 14.4. The number of halogens is 1. The van der Waals surface area contributed by atoms with Crippen LogP contribution in [0.1, 0.15) is 19.2 Å². The second-order valence-electron chi connectivity index (χ2n) is 6.35. The molecule has 4 rings (SSSR count). The molecule has 1 saturated heterocycles. The summed E-state index contributed by atoms with van der Waals surface area (Å²) in [4.78, 5) is 13.5. The van der Waals surface area contributed by atoms with Gasteiger partial charge in [0.15, 0.2) is 5.58 Å². The van der Waals surface area contributed by atoms with Crippen LogP contribution in [0.25, 0.3) is 11.1 Å². The Balaban J connectivity index is 1.45. The van der Waals surface area contributed by atoms with Crippen molar-refractivity contribution in [1.29, 1.82) is 0 Å². The van der Waals surface area contributed by atoms with Crippen LogP contribution in [-0.4, -0.2) is 45.6 Å². The zero-order chi connectivity index (χ0) is 17.2. The van der Waals surface area contributed by atoms with E-state index in [2.05, 4.69) is 31.3 Å². The molecule has 6 nitrogen and oxygen atoms in total. The van der Waals surface area contributed by atoms with Crippen molar-refractivity contribution in [1.82, 2.24) is 19.4 Å². The predicted octanol–water partition coefficient (Wildman–Crippen LogP) is 2.90. The standard InChI is InChI=1S/C18H22FN5O/c1-2-23-9-6-20-17(23)13-22-7-3-8-24(11-10-22)18-21-15-5-4-14(19)12-16(15)25-18/h4-6,9,12H,2-3,7-8,10-11,13H2,1H3. The maximum atomic E-state index is 13.3. The van der Waals surface area contributed by atoms with Gasteiger partial charge >= 0.3 is 0 Å². The smallest absolute Gasteiger partial charge is 0.298 e. The Bertz CT molecular complexity index is 858. The van der Waals surface area contributed by atoms with E-state index < -0.39 is 0 Å². The summed E-state index contributed by atoms with van der Waals surface area (Å²) in [6.45, 7) is 7.58. The second kappa shape index (κ2) is 6.84. The summed E-state index contributed by atoms with van der Waals surface area (Å²) in [7, 11) is 0. The molecule has 0 spiro atoms. The van der Waals surface area contributed by atoms with Crippen molar-refractivity contribution in [3.63, 3.8) is 0 Å². The largest absolute Gasteiger partial charge is 0.423 e. The number of aryl methyl sites for hydroxylation is 1. The van der Waals surface area contributed by atoms with Gasteiger partial charge in [-0.25, -0.2) is 9.37 Å². The van der Waals surface area contributed by atoms with Crippen molar-refractivity contribution in [2.24, 2.45) is 0 Å². The van der Waals surface area contributed by atoms with Crippen LogP contribution in [0.2, 0.25) is 0 Å². The van der Waals surface area contributed by atoms with E-state index in [1.165, 1.54) is 12.1 Å². The lowest BCUT2D eigenvalue weighted by Crippen LogP contribution is -2.31. The van der Waals surface area contributed by atoms with Crippen LogP contribution in [0.15, 0.2) is 35.0 Å². The van der Waals surface area contributed by atoms with Gasteiger partial charge in [-0.1, -0.05) is 0 Å². The number of anilines is 1. The van der Waals surface area contributed by atoms with Crippen LogP contribution in [0.5, 0.6) is 0 Å². The molecule has 0 bridgehead atoms. The Morgan fingerprint density at radius 2 is 2.12 bits per heavy atom. The SMILES string of the molecule is CCn1ccnc1CN1CCCN(c2nc3ccc(F)cc3o2)CC1. The topological polar surface area (TPSA) is 50.3 Å². The lowest BCUT2D eigenvalue weighted by atomic mass is 10.3. The molecular formula is C18H22FN5O. The Morgan fingerprint density at radius 1 is 1.20 bits per heavy atom. The third-order valence-corrected chi connectivity index (χ3v) is 4.71. The highest BCUT2D eigenvalue weighted by molar-refractivity contribution is 5.74. The Morgan fingerprint density at radius 3 is 3.00 bits per heavy atom. The number of fused-ring (bicyclic) bond motifs is 1. The Labute approximate surface area is 145 Å². The number of benzene rings is 1. The van der Waals surface area contributed by atoms with Gasteiger partial charge in [-0.15, -0.1) is 0 Å². The maximum Gasteiger partial charge on any atom is 0.298 e. The molecular weight excluding hydrogens is 321 g/mol. The number of hydrogen-bond donors (Lipinski definition) is 0. The van der Waals surface area contributed by atoms with Crippen LogP contribution in [0.4, 0.5) is 10.4 Å². The fourth-order valence-corrected chi connectivity index (χ4v) is 3.32. The predicted molar refractivity (Wildman–Crippen MR) is 94.0 cm³/mol. The average molecular weight is 343 g/mol. The van der Waals surface area contributed by atoms with Crippen LogP contribution in [-0.2, 0) is 13.1 Å². The summed E-state index contributed by atoms with van der Waals surface area (Å²) in [5.74, 6) is 0.803. The van der Waals surface area contributed by atoms with Crippen LogP contribution in [0, 0.1) is 5.82 Å². The van der Waals surface area contributed by atoms with Crippen molar-refractivity contribution in [3.8, 4) is 0 Å². The second-order valence-corrected chi connectivity index (χ2v) is 6.35. The van der Waals surface area contributed by atoms with Crippen molar-refractivity contribution in [2.45, 2.75) is 26.4 Å². The molecule has 7 heteroatoms. The minimum absolute atomic E-state index is 0.302. The summed E-state index contributed by atoms with van der Waals surface area (Å²) in [5.41, 5.74) is 1.20. The van der Waals surface area contributed by atoms with E-state index in [9.17, 15) is 4.39 Å². The van der Waals surface area contributed by atoms with Gasteiger partial charge in [0.25, 0.3) is 6.01 Å². The number of oxazole rings is 1. The van der Waals surface area contributed by atoms with E-state index >= 15 is 0 Å². The molecule has 0 unspecified atom stereocenters. The molecule has 3 heterocycles. The van der Waals surface area contributed by atoms with Crippen molar-refractivity contribution < 1.29 is 8.81 Å². The third-order valence-electron chi connectivity index (χ3n) is 4.71. The lowest BCUT2D eigenvalue weighted by molar-refractivity contribution is 0.274. The highest BCUT2D eigenvalue weighted by Crippen LogP contribution is 2.23.